The number of ketones is 1. The highest BCUT2D eigenvalue weighted by Crippen LogP contribution is 2.30. The number of aryl methyl sites for hydroxylation is 1. The third-order valence-electron chi connectivity index (χ3n) is 4.07. The highest BCUT2D eigenvalue weighted by molar-refractivity contribution is 6.24. The molecule has 1 saturated heterocycles. The Balaban J connectivity index is 1.86. The summed E-state index contributed by atoms with van der Waals surface area (Å²) in [5.41, 5.74) is 3.60. The number of aromatic nitrogens is 1. The van der Waals surface area contributed by atoms with Crippen molar-refractivity contribution in [2.45, 2.75) is 25.2 Å². The van der Waals surface area contributed by atoms with Gasteiger partial charge in [0.25, 0.3) is 0 Å². The number of carbonyl (C=O) groups excluding carboxylic acids is 2. The summed E-state index contributed by atoms with van der Waals surface area (Å²) in [6, 6.07) is 6.23. The van der Waals surface area contributed by atoms with Gasteiger partial charge in [-0.05, 0) is 48.6 Å². The van der Waals surface area contributed by atoms with Gasteiger partial charge in [-0.2, -0.15) is 0 Å². The van der Waals surface area contributed by atoms with E-state index in [0.717, 1.165) is 24.2 Å². The van der Waals surface area contributed by atoms with E-state index in [1.807, 2.05) is 6.07 Å². The number of fused-ring (bicyclic) bond motifs is 1. The van der Waals surface area contributed by atoms with Crippen LogP contribution in [-0.4, -0.2) is 30.1 Å². The summed E-state index contributed by atoms with van der Waals surface area (Å²) >= 11 is 0. The van der Waals surface area contributed by atoms with Crippen LogP contribution in [0.3, 0.4) is 0 Å². The van der Waals surface area contributed by atoms with Crippen LogP contribution in [0.4, 0.5) is 0 Å². The van der Waals surface area contributed by atoms with E-state index in [1.165, 1.54) is 17.4 Å². The van der Waals surface area contributed by atoms with Crippen LogP contribution in [0.5, 0.6) is 0 Å². The maximum Gasteiger partial charge on any atom is 0.195 e. The van der Waals surface area contributed by atoms with Crippen LogP contribution in [0.2, 0.25) is 0 Å². The van der Waals surface area contributed by atoms with Crippen LogP contribution < -0.4 is 5.32 Å². The van der Waals surface area contributed by atoms with E-state index in [1.54, 1.807) is 0 Å². The van der Waals surface area contributed by atoms with Crippen LogP contribution in [0, 0.1) is 0 Å². The van der Waals surface area contributed by atoms with Gasteiger partial charge in [-0.25, -0.2) is 0 Å². The lowest BCUT2D eigenvalue weighted by Crippen LogP contribution is -2.07. The minimum Gasteiger partial charge on any atom is -0.361 e. The number of nitrogens with one attached hydrogen (secondary N) is 2. The average molecular weight is 270 g/mol. The van der Waals surface area contributed by atoms with Gasteiger partial charge in [-0.1, -0.05) is 6.07 Å². The van der Waals surface area contributed by atoms with E-state index in [-0.39, 0.29) is 5.78 Å². The van der Waals surface area contributed by atoms with E-state index in [4.69, 9.17) is 0 Å². The first-order chi connectivity index (χ1) is 9.78. The highest BCUT2D eigenvalue weighted by atomic mass is 16.2. The van der Waals surface area contributed by atoms with Crippen molar-refractivity contribution in [2.24, 2.45) is 0 Å². The Hall–Kier alpha value is -1.94. The smallest absolute Gasteiger partial charge is 0.195 e. The van der Waals surface area contributed by atoms with Gasteiger partial charge in [-0.3, -0.25) is 9.59 Å². The molecule has 2 heterocycles. The highest BCUT2D eigenvalue weighted by Gasteiger charge is 2.19. The fourth-order valence-electron chi connectivity index (χ4n) is 2.93. The van der Waals surface area contributed by atoms with Gasteiger partial charge < -0.3 is 10.3 Å². The zero-order chi connectivity index (χ0) is 13.9. The molecule has 1 unspecified atom stereocenters. The summed E-state index contributed by atoms with van der Waals surface area (Å²) < 4.78 is 0. The zero-order valence-electron chi connectivity index (χ0n) is 11.3. The summed E-state index contributed by atoms with van der Waals surface area (Å²) in [5.74, 6) is 0.231. The maximum absolute atomic E-state index is 11.1. The number of aromatic amines is 1. The van der Waals surface area contributed by atoms with Crippen LogP contribution in [0.15, 0.2) is 24.4 Å². The van der Waals surface area contributed by atoms with Gasteiger partial charge in [0.2, 0.25) is 0 Å². The van der Waals surface area contributed by atoms with Crippen LogP contribution in [-0.2, 0) is 16.0 Å². The van der Waals surface area contributed by atoms with Crippen molar-refractivity contribution in [1.29, 1.82) is 0 Å². The Labute approximate surface area is 117 Å². The first-order valence-corrected chi connectivity index (χ1v) is 7.06. The van der Waals surface area contributed by atoms with E-state index >= 15 is 0 Å². The normalized spacial score (nSPS) is 18.5. The number of benzene rings is 1. The maximum atomic E-state index is 11.1. The van der Waals surface area contributed by atoms with Crippen molar-refractivity contribution >= 4 is 23.0 Å². The molecule has 0 radical (unpaired) electrons. The molecule has 0 amide bonds. The second-order valence-electron chi connectivity index (χ2n) is 5.40. The topological polar surface area (TPSA) is 62.0 Å². The third-order valence-corrected chi connectivity index (χ3v) is 4.07. The lowest BCUT2D eigenvalue weighted by molar-refractivity contribution is -0.129. The van der Waals surface area contributed by atoms with Crippen LogP contribution >= 0.6 is 0 Å². The Morgan fingerprint density at radius 3 is 3.05 bits per heavy atom. The van der Waals surface area contributed by atoms with Gasteiger partial charge in [0.15, 0.2) is 12.1 Å². The molecule has 4 heteroatoms. The zero-order valence-corrected chi connectivity index (χ0v) is 11.3. The van der Waals surface area contributed by atoms with Crippen molar-refractivity contribution in [2.75, 3.05) is 13.1 Å². The number of H-pyrrole nitrogens is 1. The molecule has 104 valence electrons. The van der Waals surface area contributed by atoms with E-state index < -0.39 is 0 Å². The molecule has 2 aromatic rings. The predicted octanol–water partition coefficient (Wildman–Crippen LogP) is 1.95. The van der Waals surface area contributed by atoms with Crippen molar-refractivity contribution < 1.29 is 9.59 Å². The summed E-state index contributed by atoms with van der Waals surface area (Å²) in [5, 5.41) is 4.64. The Kier molecular flexibility index (Phi) is 3.65. The van der Waals surface area contributed by atoms with Gasteiger partial charge in [0, 0.05) is 30.1 Å². The second-order valence-corrected chi connectivity index (χ2v) is 5.40. The Morgan fingerprint density at radius 2 is 2.30 bits per heavy atom. The summed E-state index contributed by atoms with van der Waals surface area (Å²) in [4.78, 5) is 24.8. The molecular weight excluding hydrogens is 252 g/mol. The van der Waals surface area contributed by atoms with E-state index in [0.29, 0.717) is 25.0 Å². The Bertz CT molecular complexity index is 639. The van der Waals surface area contributed by atoms with Gasteiger partial charge in [0.05, 0.1) is 0 Å². The molecule has 4 nitrogen and oxygen atoms in total. The molecule has 1 aromatic heterocycles. The molecule has 20 heavy (non-hydrogen) atoms. The molecule has 1 aliphatic heterocycles. The molecule has 3 rings (SSSR count). The van der Waals surface area contributed by atoms with Gasteiger partial charge >= 0.3 is 0 Å². The van der Waals surface area contributed by atoms with Crippen molar-refractivity contribution in [3.05, 3.63) is 35.5 Å². The average Bonchev–Trinajstić information content (AvgIpc) is 3.12. The number of Topliss-reactive ketones (excluding diaryl/α,β-unsaturated/α-hetero) is 1. The Morgan fingerprint density at radius 1 is 1.40 bits per heavy atom. The molecule has 0 spiro atoms. The van der Waals surface area contributed by atoms with Gasteiger partial charge in [0.1, 0.15) is 0 Å². The lowest BCUT2D eigenvalue weighted by atomic mass is 9.96. The molecule has 0 bridgehead atoms. The number of hydrogen-bond donors (Lipinski definition) is 2. The number of rotatable bonds is 5. The first kappa shape index (κ1) is 13.1. The third kappa shape index (κ3) is 2.51. The summed E-state index contributed by atoms with van der Waals surface area (Å²) in [7, 11) is 0. The van der Waals surface area contributed by atoms with E-state index in [9.17, 15) is 9.59 Å². The quantitative estimate of drug-likeness (QED) is 0.645. The minimum atomic E-state index is -0.334. The van der Waals surface area contributed by atoms with Gasteiger partial charge in [-0.15, -0.1) is 0 Å². The van der Waals surface area contributed by atoms with E-state index in [2.05, 4.69) is 28.6 Å². The SMILES string of the molecule is O=CC(=O)CCc1ccc2[nH]cc(C3CCNC3)c2c1. The standard InChI is InChI=1S/C16H18N2O2/c19-10-13(20)3-1-11-2-4-16-14(7-11)15(9-18-16)12-5-6-17-8-12/h2,4,7,9-10,12,17-18H,1,3,5-6,8H2. The molecular formula is C16H18N2O2. The fraction of sp³-hybridized carbons (Fsp3) is 0.375. The van der Waals surface area contributed by atoms with Crippen molar-refractivity contribution in [3.63, 3.8) is 0 Å². The second kappa shape index (κ2) is 5.59. The fourth-order valence-corrected chi connectivity index (χ4v) is 2.93. The first-order valence-electron chi connectivity index (χ1n) is 7.06. The molecule has 1 aliphatic rings. The summed E-state index contributed by atoms with van der Waals surface area (Å²) in [6.07, 6.45) is 4.59. The molecule has 0 aliphatic carbocycles. The molecule has 1 fully saturated rings. The van der Waals surface area contributed by atoms with Crippen LogP contribution in [0.1, 0.15) is 29.9 Å². The van der Waals surface area contributed by atoms with Crippen molar-refractivity contribution in [3.8, 4) is 0 Å². The number of aldehydes is 1. The lowest BCUT2D eigenvalue weighted by Gasteiger charge is -2.07. The molecule has 2 N–H and O–H groups in total. The number of hydrogen-bond acceptors (Lipinski definition) is 3. The largest absolute Gasteiger partial charge is 0.361 e. The predicted molar refractivity (Wildman–Crippen MR) is 77.9 cm³/mol. The monoisotopic (exact) mass is 270 g/mol. The number of carbonyl (C=O) groups is 2. The molecule has 0 saturated carbocycles. The van der Waals surface area contributed by atoms with Crippen molar-refractivity contribution in [1.82, 2.24) is 10.3 Å². The van der Waals surface area contributed by atoms with Crippen LogP contribution in [0.25, 0.3) is 10.9 Å². The molecule has 1 aromatic carbocycles. The summed E-state index contributed by atoms with van der Waals surface area (Å²) in [6.45, 7) is 2.10. The minimum absolute atomic E-state index is 0.291. The molecule has 1 atom stereocenters.